The third-order valence-corrected chi connectivity index (χ3v) is 4.21. The van der Waals surface area contributed by atoms with Crippen LogP contribution in [0.5, 0.6) is 0 Å². The van der Waals surface area contributed by atoms with E-state index in [0.717, 1.165) is 30.6 Å². The molecule has 0 saturated heterocycles. The Bertz CT molecular complexity index is 489. The molecule has 2 rings (SSSR count). The van der Waals surface area contributed by atoms with Crippen LogP contribution in [0, 0.1) is 6.92 Å². The first kappa shape index (κ1) is 16.3. The van der Waals surface area contributed by atoms with Crippen LogP contribution in [0.15, 0.2) is 18.2 Å². The largest absolute Gasteiger partial charge is 0.396 e. The highest BCUT2D eigenvalue weighted by molar-refractivity contribution is 6.31. The summed E-state index contributed by atoms with van der Waals surface area (Å²) in [5.41, 5.74) is 1.67. The average Bonchev–Trinajstić information content (AvgIpc) is 3.27. The standard InChI is InChI=1S/C16H23ClN2O2/c1-12-14(17)5-4-6-15(12)18-16(21)11-19(13-7-8-13)9-2-3-10-20/h4-6,13,20H,2-3,7-11H2,1H3,(H,18,21). The van der Waals surface area contributed by atoms with Crippen LogP contribution in [0.2, 0.25) is 5.02 Å². The van der Waals surface area contributed by atoms with Gasteiger partial charge in [0, 0.05) is 23.4 Å². The minimum Gasteiger partial charge on any atom is -0.396 e. The maximum absolute atomic E-state index is 12.2. The SMILES string of the molecule is Cc1c(Cl)cccc1NC(=O)CN(CCCCO)C1CC1. The molecule has 0 unspecified atom stereocenters. The lowest BCUT2D eigenvalue weighted by Crippen LogP contribution is -2.35. The van der Waals surface area contributed by atoms with E-state index in [1.54, 1.807) is 0 Å². The summed E-state index contributed by atoms with van der Waals surface area (Å²) in [6.07, 6.45) is 4.06. The van der Waals surface area contributed by atoms with E-state index < -0.39 is 0 Å². The number of aliphatic hydroxyl groups is 1. The van der Waals surface area contributed by atoms with Crippen molar-refractivity contribution in [2.75, 3.05) is 25.0 Å². The normalized spacial score (nSPS) is 14.5. The van der Waals surface area contributed by atoms with E-state index in [1.807, 2.05) is 25.1 Å². The Labute approximate surface area is 131 Å². The zero-order chi connectivity index (χ0) is 15.2. The molecule has 21 heavy (non-hydrogen) atoms. The Balaban J connectivity index is 1.88. The molecule has 1 aromatic carbocycles. The number of unbranched alkanes of at least 4 members (excludes halogenated alkanes) is 1. The topological polar surface area (TPSA) is 52.6 Å². The average molecular weight is 311 g/mol. The highest BCUT2D eigenvalue weighted by Crippen LogP contribution is 2.27. The van der Waals surface area contributed by atoms with Gasteiger partial charge in [0.25, 0.3) is 0 Å². The van der Waals surface area contributed by atoms with Crippen molar-refractivity contribution in [2.45, 2.75) is 38.6 Å². The van der Waals surface area contributed by atoms with Crippen LogP contribution in [-0.4, -0.2) is 41.7 Å². The number of anilines is 1. The van der Waals surface area contributed by atoms with Crippen molar-refractivity contribution >= 4 is 23.2 Å². The van der Waals surface area contributed by atoms with E-state index in [1.165, 1.54) is 12.8 Å². The van der Waals surface area contributed by atoms with Crippen LogP contribution < -0.4 is 5.32 Å². The molecule has 0 aromatic heterocycles. The summed E-state index contributed by atoms with van der Waals surface area (Å²) in [4.78, 5) is 14.4. The zero-order valence-corrected chi connectivity index (χ0v) is 13.2. The highest BCUT2D eigenvalue weighted by atomic mass is 35.5. The molecule has 1 saturated carbocycles. The minimum atomic E-state index is -0.00346. The molecule has 0 aliphatic heterocycles. The van der Waals surface area contributed by atoms with Crippen molar-refractivity contribution in [2.24, 2.45) is 0 Å². The summed E-state index contributed by atoms with van der Waals surface area (Å²) in [5.74, 6) is -0.00346. The molecular weight excluding hydrogens is 288 g/mol. The molecule has 1 fully saturated rings. The summed E-state index contributed by atoms with van der Waals surface area (Å²) < 4.78 is 0. The van der Waals surface area contributed by atoms with Gasteiger partial charge in [0.1, 0.15) is 0 Å². The number of benzene rings is 1. The fraction of sp³-hybridized carbons (Fsp3) is 0.562. The lowest BCUT2D eigenvalue weighted by atomic mass is 10.2. The Morgan fingerprint density at radius 1 is 1.43 bits per heavy atom. The van der Waals surface area contributed by atoms with E-state index in [9.17, 15) is 4.79 Å². The highest BCUT2D eigenvalue weighted by Gasteiger charge is 2.29. The number of carbonyl (C=O) groups is 1. The van der Waals surface area contributed by atoms with E-state index in [-0.39, 0.29) is 12.5 Å². The lowest BCUT2D eigenvalue weighted by Gasteiger charge is -2.21. The number of rotatable bonds is 8. The van der Waals surface area contributed by atoms with E-state index >= 15 is 0 Å². The Morgan fingerprint density at radius 2 is 2.19 bits per heavy atom. The summed E-state index contributed by atoms with van der Waals surface area (Å²) in [6, 6.07) is 6.06. The molecule has 1 amide bonds. The number of hydrogen-bond acceptors (Lipinski definition) is 3. The number of nitrogens with zero attached hydrogens (tertiary/aromatic N) is 1. The van der Waals surface area contributed by atoms with Gasteiger partial charge in [0.2, 0.25) is 5.91 Å². The fourth-order valence-electron chi connectivity index (χ4n) is 2.37. The lowest BCUT2D eigenvalue weighted by molar-refractivity contribution is -0.117. The van der Waals surface area contributed by atoms with Crippen LogP contribution in [0.25, 0.3) is 0 Å². The monoisotopic (exact) mass is 310 g/mol. The smallest absolute Gasteiger partial charge is 0.238 e. The van der Waals surface area contributed by atoms with E-state index in [2.05, 4.69) is 10.2 Å². The third kappa shape index (κ3) is 4.99. The number of hydrogen-bond donors (Lipinski definition) is 2. The second-order valence-corrected chi connectivity index (χ2v) is 6.00. The van der Waals surface area contributed by atoms with Crippen LogP contribution in [0.4, 0.5) is 5.69 Å². The van der Waals surface area contributed by atoms with Crippen LogP contribution in [0.1, 0.15) is 31.2 Å². The first-order chi connectivity index (χ1) is 10.1. The van der Waals surface area contributed by atoms with Gasteiger partial charge >= 0.3 is 0 Å². The minimum absolute atomic E-state index is 0.00346. The van der Waals surface area contributed by atoms with E-state index in [4.69, 9.17) is 16.7 Å². The molecule has 5 heteroatoms. The number of halogens is 1. The van der Waals surface area contributed by atoms with Gasteiger partial charge in [-0.25, -0.2) is 0 Å². The number of amides is 1. The second-order valence-electron chi connectivity index (χ2n) is 5.59. The molecule has 2 N–H and O–H groups in total. The first-order valence-corrected chi connectivity index (χ1v) is 7.89. The summed E-state index contributed by atoms with van der Waals surface area (Å²) in [7, 11) is 0. The van der Waals surface area contributed by atoms with Crippen LogP contribution in [0.3, 0.4) is 0 Å². The maximum atomic E-state index is 12.2. The molecule has 1 aliphatic rings. The molecule has 116 valence electrons. The second kappa shape index (κ2) is 7.78. The predicted octanol–water partition coefficient (Wildman–Crippen LogP) is 2.82. The molecule has 0 spiro atoms. The molecule has 1 aromatic rings. The third-order valence-electron chi connectivity index (χ3n) is 3.81. The molecule has 0 bridgehead atoms. The first-order valence-electron chi connectivity index (χ1n) is 7.51. The predicted molar refractivity (Wildman–Crippen MR) is 85.7 cm³/mol. The van der Waals surface area contributed by atoms with E-state index in [0.29, 0.717) is 17.6 Å². The molecule has 0 heterocycles. The van der Waals surface area contributed by atoms with Gasteiger partial charge in [0.05, 0.1) is 6.54 Å². The van der Waals surface area contributed by atoms with Gasteiger partial charge in [-0.15, -0.1) is 0 Å². The Morgan fingerprint density at radius 3 is 2.86 bits per heavy atom. The molecule has 0 radical (unpaired) electrons. The van der Waals surface area contributed by atoms with Crippen LogP contribution in [-0.2, 0) is 4.79 Å². The summed E-state index contributed by atoms with van der Waals surface area (Å²) in [6.45, 7) is 3.39. The van der Waals surface area contributed by atoms with Crippen molar-refractivity contribution in [3.05, 3.63) is 28.8 Å². The van der Waals surface area contributed by atoms with Crippen molar-refractivity contribution in [1.82, 2.24) is 4.90 Å². The van der Waals surface area contributed by atoms with Gasteiger partial charge in [-0.3, -0.25) is 9.69 Å². The molecule has 1 aliphatic carbocycles. The fourth-order valence-corrected chi connectivity index (χ4v) is 2.55. The summed E-state index contributed by atoms with van der Waals surface area (Å²) in [5, 5.41) is 12.5. The maximum Gasteiger partial charge on any atom is 0.238 e. The van der Waals surface area contributed by atoms with Crippen LogP contribution >= 0.6 is 11.6 Å². The van der Waals surface area contributed by atoms with Crippen molar-refractivity contribution < 1.29 is 9.90 Å². The Hall–Kier alpha value is -1.10. The number of carbonyl (C=O) groups excluding carboxylic acids is 1. The van der Waals surface area contributed by atoms with Gasteiger partial charge in [0.15, 0.2) is 0 Å². The Kier molecular flexibility index (Phi) is 6.03. The van der Waals surface area contributed by atoms with Crippen molar-refractivity contribution in [3.8, 4) is 0 Å². The zero-order valence-electron chi connectivity index (χ0n) is 12.4. The summed E-state index contributed by atoms with van der Waals surface area (Å²) >= 11 is 6.06. The van der Waals surface area contributed by atoms with Gasteiger partial charge in [-0.2, -0.15) is 0 Å². The molecular formula is C16H23ClN2O2. The number of nitrogens with one attached hydrogen (secondary N) is 1. The van der Waals surface area contributed by atoms with Gasteiger partial charge < -0.3 is 10.4 Å². The number of aliphatic hydroxyl groups excluding tert-OH is 1. The van der Waals surface area contributed by atoms with Crippen molar-refractivity contribution in [3.63, 3.8) is 0 Å². The van der Waals surface area contributed by atoms with Crippen molar-refractivity contribution in [1.29, 1.82) is 0 Å². The van der Waals surface area contributed by atoms with Gasteiger partial charge in [-0.1, -0.05) is 17.7 Å². The molecule has 4 nitrogen and oxygen atoms in total. The molecule has 0 atom stereocenters. The quantitative estimate of drug-likeness (QED) is 0.726. The van der Waals surface area contributed by atoms with Gasteiger partial charge in [-0.05, 0) is 56.8 Å².